The van der Waals surface area contributed by atoms with Crippen molar-refractivity contribution in [3.63, 3.8) is 0 Å². The van der Waals surface area contributed by atoms with Gasteiger partial charge in [-0.05, 0) is 24.5 Å². The number of amides is 1. The molecule has 0 saturated carbocycles. The van der Waals surface area contributed by atoms with Crippen LogP contribution < -0.4 is 10.1 Å². The van der Waals surface area contributed by atoms with Crippen molar-refractivity contribution in [3.05, 3.63) is 23.2 Å². The predicted octanol–water partition coefficient (Wildman–Crippen LogP) is 1.34. The van der Waals surface area contributed by atoms with E-state index in [1.165, 1.54) is 0 Å². The van der Waals surface area contributed by atoms with Crippen LogP contribution in [-0.4, -0.2) is 20.9 Å². The van der Waals surface area contributed by atoms with E-state index in [2.05, 4.69) is 5.32 Å². The number of hydrogen-bond donors (Lipinski definition) is 1. The number of anilines is 1. The first-order chi connectivity index (χ1) is 6.67. The van der Waals surface area contributed by atoms with Crippen LogP contribution in [0.25, 0.3) is 0 Å². The summed E-state index contributed by atoms with van der Waals surface area (Å²) < 4.78 is 5.07. The minimum absolute atomic E-state index is 0.0643. The van der Waals surface area contributed by atoms with Crippen LogP contribution in [-0.2, 0) is 4.79 Å². The summed E-state index contributed by atoms with van der Waals surface area (Å²) in [5, 5.41) is 3.27. The number of carbonyl (C=O) groups excluding carboxylic acids is 1. The molecule has 0 spiro atoms. The summed E-state index contributed by atoms with van der Waals surface area (Å²) in [5.41, 5.74) is 0.604. The Bertz CT molecular complexity index is 344. The molecular weight excluding hydrogens is 200 g/mol. The predicted molar refractivity (Wildman–Crippen MR) is 60.0 cm³/mol. The van der Waals surface area contributed by atoms with E-state index in [0.29, 0.717) is 22.8 Å². The van der Waals surface area contributed by atoms with Gasteiger partial charge in [0.25, 0.3) is 0 Å². The quantitative estimate of drug-likeness (QED) is 0.766. The van der Waals surface area contributed by atoms with Gasteiger partial charge in [-0.3, -0.25) is 4.79 Å². The van der Waals surface area contributed by atoms with Gasteiger partial charge in [-0.1, -0.05) is 11.6 Å². The van der Waals surface area contributed by atoms with Crippen molar-refractivity contribution >= 4 is 31.0 Å². The lowest BCUT2D eigenvalue weighted by atomic mass is 10.0. The van der Waals surface area contributed by atoms with Crippen molar-refractivity contribution in [3.8, 4) is 5.75 Å². The molecule has 1 aromatic carbocycles. The van der Waals surface area contributed by atoms with Gasteiger partial charge in [0.2, 0.25) is 5.91 Å². The Balaban J connectivity index is 2.93. The lowest BCUT2D eigenvalue weighted by molar-refractivity contribution is -0.114. The maximum absolute atomic E-state index is 11.2. The summed E-state index contributed by atoms with van der Waals surface area (Å²) in [4.78, 5) is 11.2. The Hall–Kier alpha value is -1.16. The van der Waals surface area contributed by atoms with Gasteiger partial charge in [-0.15, -0.1) is 0 Å². The van der Waals surface area contributed by atoms with Gasteiger partial charge < -0.3 is 10.1 Å². The Morgan fingerprint density at radius 2 is 2.36 bits per heavy atom. The van der Waals surface area contributed by atoms with Gasteiger partial charge in [0.15, 0.2) is 0 Å². The molecule has 0 unspecified atom stereocenters. The first-order valence-corrected chi connectivity index (χ1v) is 4.68. The van der Waals surface area contributed by atoms with Crippen LogP contribution in [0.4, 0.5) is 5.69 Å². The van der Waals surface area contributed by atoms with Crippen molar-refractivity contribution in [2.45, 2.75) is 6.32 Å². The van der Waals surface area contributed by atoms with Crippen LogP contribution in [0.5, 0.6) is 5.75 Å². The monoisotopic (exact) mass is 211 g/mol. The Labute approximate surface area is 88.8 Å². The molecule has 0 fully saturated rings. The molecule has 0 aliphatic heterocycles. The summed E-state index contributed by atoms with van der Waals surface area (Å²) >= 11 is 5.79. The lowest BCUT2D eigenvalue weighted by Gasteiger charge is -2.09. The van der Waals surface area contributed by atoms with E-state index in [9.17, 15) is 4.79 Å². The summed E-state index contributed by atoms with van der Waals surface area (Å²) in [6.45, 7) is 0. The normalized spacial score (nSPS) is 9.57. The molecule has 0 aliphatic carbocycles. The number of halogens is 1. The van der Waals surface area contributed by atoms with E-state index in [-0.39, 0.29) is 5.91 Å². The van der Waals surface area contributed by atoms with Gasteiger partial charge in [-0.2, -0.15) is 0 Å². The number of hydrogen-bond acceptors (Lipinski definition) is 2. The number of carbonyl (C=O) groups is 1. The molecule has 5 heteroatoms. The third-order valence-corrected chi connectivity index (χ3v) is 1.99. The SMILES string of the molecule is BCC(=O)Nc1cc(Cl)ccc1OC. The number of methoxy groups -OCH3 is 1. The van der Waals surface area contributed by atoms with E-state index in [4.69, 9.17) is 16.3 Å². The highest BCUT2D eigenvalue weighted by atomic mass is 35.5. The first kappa shape index (κ1) is 10.9. The van der Waals surface area contributed by atoms with Gasteiger partial charge in [-0.25, -0.2) is 0 Å². The van der Waals surface area contributed by atoms with Gasteiger partial charge in [0.05, 0.1) is 12.8 Å². The molecule has 0 aromatic heterocycles. The zero-order chi connectivity index (χ0) is 10.6. The average Bonchev–Trinajstić information content (AvgIpc) is 2.18. The molecule has 0 bridgehead atoms. The van der Waals surface area contributed by atoms with E-state index in [0.717, 1.165) is 0 Å². The minimum Gasteiger partial charge on any atom is -0.495 e. The molecule has 3 nitrogen and oxygen atoms in total. The molecule has 0 radical (unpaired) electrons. The summed E-state index contributed by atoms with van der Waals surface area (Å²) in [6.07, 6.45) is 0.426. The van der Waals surface area contributed by atoms with E-state index >= 15 is 0 Å². The molecule has 0 atom stereocenters. The Morgan fingerprint density at radius 3 is 2.93 bits per heavy atom. The zero-order valence-corrected chi connectivity index (χ0v) is 8.89. The third kappa shape index (κ3) is 2.67. The highest BCUT2D eigenvalue weighted by Gasteiger charge is 2.05. The molecule has 1 aromatic rings. The second kappa shape index (κ2) is 4.91. The fourth-order valence-corrected chi connectivity index (χ4v) is 1.19. The number of ether oxygens (including phenoxy) is 1. The molecule has 74 valence electrons. The van der Waals surface area contributed by atoms with Crippen LogP contribution in [0.15, 0.2) is 18.2 Å². The topological polar surface area (TPSA) is 38.3 Å². The zero-order valence-electron chi connectivity index (χ0n) is 8.13. The van der Waals surface area contributed by atoms with Crippen molar-refractivity contribution in [2.75, 3.05) is 12.4 Å². The molecule has 1 amide bonds. The summed E-state index contributed by atoms with van der Waals surface area (Å²) in [7, 11) is 3.33. The van der Waals surface area contributed by atoms with E-state index in [1.807, 2.05) is 0 Å². The standard InChI is InChI=1S/C9H11BClNO2/c1-14-8-3-2-6(11)4-7(8)12-9(13)5-10/h2-4H,5,10H2,1H3,(H,12,13). The van der Waals surface area contributed by atoms with Crippen LogP contribution in [0.1, 0.15) is 0 Å². The molecular formula is C9H11BClNO2. The van der Waals surface area contributed by atoms with Crippen molar-refractivity contribution in [2.24, 2.45) is 0 Å². The molecule has 0 saturated heterocycles. The largest absolute Gasteiger partial charge is 0.495 e. The van der Waals surface area contributed by atoms with Crippen molar-refractivity contribution in [1.82, 2.24) is 0 Å². The van der Waals surface area contributed by atoms with Crippen LogP contribution in [0.2, 0.25) is 11.3 Å². The highest BCUT2D eigenvalue weighted by Crippen LogP contribution is 2.27. The number of nitrogens with one attached hydrogen (secondary N) is 1. The average molecular weight is 211 g/mol. The smallest absolute Gasteiger partial charge is 0.216 e. The van der Waals surface area contributed by atoms with Crippen molar-refractivity contribution < 1.29 is 9.53 Å². The fraction of sp³-hybridized carbons (Fsp3) is 0.222. The first-order valence-electron chi connectivity index (χ1n) is 4.30. The third-order valence-electron chi connectivity index (χ3n) is 1.76. The highest BCUT2D eigenvalue weighted by molar-refractivity contribution is 6.31. The fourth-order valence-electron chi connectivity index (χ4n) is 1.02. The van der Waals surface area contributed by atoms with Gasteiger partial charge in [0.1, 0.15) is 13.6 Å². The maximum atomic E-state index is 11.2. The van der Waals surface area contributed by atoms with Crippen LogP contribution in [0, 0.1) is 0 Å². The molecule has 0 heterocycles. The van der Waals surface area contributed by atoms with Gasteiger partial charge in [0, 0.05) is 5.02 Å². The summed E-state index contributed by atoms with van der Waals surface area (Å²) in [5.74, 6) is 0.543. The Morgan fingerprint density at radius 1 is 1.64 bits per heavy atom. The number of rotatable bonds is 3. The van der Waals surface area contributed by atoms with E-state index < -0.39 is 0 Å². The lowest BCUT2D eigenvalue weighted by Crippen LogP contribution is -2.10. The van der Waals surface area contributed by atoms with Crippen LogP contribution in [0.3, 0.4) is 0 Å². The number of benzene rings is 1. The molecule has 0 aliphatic rings. The minimum atomic E-state index is -0.0643. The van der Waals surface area contributed by atoms with E-state index in [1.54, 1.807) is 33.2 Å². The van der Waals surface area contributed by atoms with Crippen molar-refractivity contribution in [1.29, 1.82) is 0 Å². The second-order valence-electron chi connectivity index (χ2n) is 2.75. The molecule has 1 rings (SSSR count). The maximum Gasteiger partial charge on any atom is 0.216 e. The Kier molecular flexibility index (Phi) is 3.83. The second-order valence-corrected chi connectivity index (χ2v) is 3.18. The summed E-state index contributed by atoms with van der Waals surface area (Å²) in [6, 6.07) is 5.09. The van der Waals surface area contributed by atoms with Crippen LogP contribution >= 0.6 is 11.6 Å². The van der Waals surface area contributed by atoms with Gasteiger partial charge >= 0.3 is 0 Å². The molecule has 14 heavy (non-hydrogen) atoms. The molecule has 1 N–H and O–H groups in total.